The second-order valence-corrected chi connectivity index (χ2v) is 4.55. The zero-order chi connectivity index (χ0) is 14.3. The minimum atomic E-state index is 0.0390. The summed E-state index contributed by atoms with van der Waals surface area (Å²) >= 11 is 4.96. The molecule has 19 heavy (non-hydrogen) atoms. The lowest BCUT2D eigenvalue weighted by molar-refractivity contribution is 0.155. The van der Waals surface area contributed by atoms with E-state index in [9.17, 15) is 0 Å². The zero-order valence-electron chi connectivity index (χ0n) is 11.0. The first-order valence-electron chi connectivity index (χ1n) is 6.03. The average Bonchev–Trinajstić information content (AvgIpc) is 2.39. The number of ether oxygens (including phenoxy) is 1. The van der Waals surface area contributed by atoms with E-state index in [1.807, 2.05) is 23.1 Å². The Balaban J connectivity index is 2.94. The summed E-state index contributed by atoms with van der Waals surface area (Å²) in [6.07, 6.45) is 0. The van der Waals surface area contributed by atoms with Gasteiger partial charge in [0.15, 0.2) is 0 Å². The molecule has 0 saturated carbocycles. The number of aliphatic hydroxyl groups is 2. The Labute approximate surface area is 118 Å². The highest BCUT2D eigenvalue weighted by Gasteiger charge is 2.11. The number of thiocarbonyl (C=S) groups is 1. The van der Waals surface area contributed by atoms with Crippen molar-refractivity contribution >= 4 is 17.2 Å². The van der Waals surface area contributed by atoms with Crippen LogP contribution in [-0.2, 0) is 6.54 Å². The van der Waals surface area contributed by atoms with Gasteiger partial charge in [0.2, 0.25) is 0 Å². The molecule has 0 aromatic heterocycles. The standard InChI is InChI=1S/C13H20N2O3S/c1-18-12-3-2-10(13(14)19)8-11(12)9-15(4-6-16)5-7-17/h2-3,8,16-17H,4-7,9H2,1H3,(H2,14,19). The third-order valence-corrected chi connectivity index (χ3v) is 3.03. The smallest absolute Gasteiger partial charge is 0.123 e. The molecule has 0 spiro atoms. The number of hydrogen-bond acceptors (Lipinski definition) is 5. The molecule has 0 radical (unpaired) electrons. The van der Waals surface area contributed by atoms with Gasteiger partial charge in [-0.1, -0.05) is 12.2 Å². The summed E-state index contributed by atoms with van der Waals surface area (Å²) in [5.74, 6) is 0.737. The third kappa shape index (κ3) is 4.76. The van der Waals surface area contributed by atoms with E-state index in [0.29, 0.717) is 24.6 Å². The van der Waals surface area contributed by atoms with Gasteiger partial charge in [-0.05, 0) is 18.2 Å². The van der Waals surface area contributed by atoms with Gasteiger partial charge in [-0.25, -0.2) is 0 Å². The van der Waals surface area contributed by atoms with Crippen molar-refractivity contribution in [1.82, 2.24) is 4.90 Å². The topological polar surface area (TPSA) is 79.0 Å². The first-order valence-corrected chi connectivity index (χ1v) is 6.44. The quantitative estimate of drug-likeness (QED) is 0.588. The van der Waals surface area contributed by atoms with E-state index in [1.54, 1.807) is 7.11 Å². The van der Waals surface area contributed by atoms with Gasteiger partial charge in [-0.2, -0.15) is 0 Å². The molecule has 0 heterocycles. The highest BCUT2D eigenvalue weighted by atomic mass is 32.1. The van der Waals surface area contributed by atoms with Crippen LogP contribution in [0.4, 0.5) is 0 Å². The van der Waals surface area contributed by atoms with Gasteiger partial charge in [0, 0.05) is 30.8 Å². The van der Waals surface area contributed by atoms with Crippen LogP contribution in [-0.4, -0.2) is 53.5 Å². The van der Waals surface area contributed by atoms with E-state index in [2.05, 4.69) is 0 Å². The van der Waals surface area contributed by atoms with Crippen molar-refractivity contribution in [2.75, 3.05) is 33.4 Å². The van der Waals surface area contributed by atoms with Gasteiger partial charge in [0.25, 0.3) is 0 Å². The van der Waals surface area contributed by atoms with E-state index in [0.717, 1.165) is 16.9 Å². The van der Waals surface area contributed by atoms with Crippen LogP contribution in [0.5, 0.6) is 5.75 Å². The second-order valence-electron chi connectivity index (χ2n) is 4.11. The van der Waals surface area contributed by atoms with Crippen molar-refractivity contribution in [3.8, 4) is 5.75 Å². The number of methoxy groups -OCH3 is 1. The molecule has 5 nitrogen and oxygen atoms in total. The molecular weight excluding hydrogens is 264 g/mol. The second kappa shape index (κ2) is 8.06. The Kier molecular flexibility index (Phi) is 6.72. The first-order chi connectivity index (χ1) is 9.12. The molecule has 0 saturated heterocycles. The normalized spacial score (nSPS) is 10.7. The van der Waals surface area contributed by atoms with Gasteiger partial charge >= 0.3 is 0 Å². The summed E-state index contributed by atoms with van der Waals surface area (Å²) in [7, 11) is 1.60. The summed E-state index contributed by atoms with van der Waals surface area (Å²) < 4.78 is 5.30. The molecule has 0 atom stereocenters. The molecule has 1 aromatic rings. The first kappa shape index (κ1) is 15.8. The van der Waals surface area contributed by atoms with Crippen molar-refractivity contribution in [2.45, 2.75) is 6.54 Å². The van der Waals surface area contributed by atoms with Gasteiger partial charge in [-0.15, -0.1) is 0 Å². The molecule has 0 fully saturated rings. The lowest BCUT2D eigenvalue weighted by Crippen LogP contribution is -2.29. The van der Waals surface area contributed by atoms with Crippen LogP contribution < -0.4 is 10.5 Å². The Morgan fingerprint density at radius 1 is 1.32 bits per heavy atom. The molecule has 0 bridgehead atoms. The third-order valence-electron chi connectivity index (χ3n) is 2.79. The van der Waals surface area contributed by atoms with Gasteiger partial charge in [0.1, 0.15) is 10.7 Å². The Hall–Kier alpha value is -1.21. The highest BCUT2D eigenvalue weighted by molar-refractivity contribution is 7.80. The number of nitrogens with two attached hydrogens (primary N) is 1. The maximum atomic E-state index is 9.02. The highest BCUT2D eigenvalue weighted by Crippen LogP contribution is 2.21. The predicted molar refractivity (Wildman–Crippen MR) is 78.3 cm³/mol. The van der Waals surface area contributed by atoms with E-state index < -0.39 is 0 Å². The average molecular weight is 284 g/mol. The van der Waals surface area contributed by atoms with E-state index in [-0.39, 0.29) is 13.2 Å². The minimum Gasteiger partial charge on any atom is -0.496 e. The van der Waals surface area contributed by atoms with Crippen LogP contribution in [0.2, 0.25) is 0 Å². The van der Waals surface area contributed by atoms with Crippen molar-refractivity contribution in [1.29, 1.82) is 0 Å². The SMILES string of the molecule is COc1ccc(C(N)=S)cc1CN(CCO)CCO. The van der Waals surface area contributed by atoms with Crippen LogP contribution in [0.25, 0.3) is 0 Å². The molecule has 6 heteroatoms. The van der Waals surface area contributed by atoms with Crippen molar-refractivity contribution < 1.29 is 14.9 Å². The van der Waals surface area contributed by atoms with E-state index >= 15 is 0 Å². The Bertz CT molecular complexity index is 420. The summed E-state index contributed by atoms with van der Waals surface area (Å²) in [5, 5.41) is 18.0. The molecule has 0 amide bonds. The van der Waals surface area contributed by atoms with Crippen molar-refractivity contribution in [2.24, 2.45) is 5.73 Å². The molecule has 1 aromatic carbocycles. The van der Waals surface area contributed by atoms with Crippen LogP contribution in [0.3, 0.4) is 0 Å². The van der Waals surface area contributed by atoms with E-state index in [4.69, 9.17) is 32.9 Å². The molecule has 106 valence electrons. The number of aliphatic hydroxyl groups excluding tert-OH is 2. The summed E-state index contributed by atoms with van der Waals surface area (Å²) in [5.41, 5.74) is 7.32. The van der Waals surface area contributed by atoms with Crippen LogP contribution in [0.1, 0.15) is 11.1 Å². The molecule has 0 aliphatic rings. The molecular formula is C13H20N2O3S. The Morgan fingerprint density at radius 3 is 2.42 bits per heavy atom. The number of rotatable bonds is 8. The van der Waals surface area contributed by atoms with Crippen molar-refractivity contribution in [3.63, 3.8) is 0 Å². The van der Waals surface area contributed by atoms with Crippen LogP contribution in [0, 0.1) is 0 Å². The van der Waals surface area contributed by atoms with Gasteiger partial charge in [-0.3, -0.25) is 4.90 Å². The van der Waals surface area contributed by atoms with Crippen molar-refractivity contribution in [3.05, 3.63) is 29.3 Å². The predicted octanol–water partition coefficient (Wildman–Crippen LogP) is 0.116. The molecule has 0 aliphatic heterocycles. The molecule has 0 aliphatic carbocycles. The number of hydrogen-bond donors (Lipinski definition) is 3. The Morgan fingerprint density at radius 2 is 1.95 bits per heavy atom. The van der Waals surface area contributed by atoms with Gasteiger partial charge < -0.3 is 20.7 Å². The fourth-order valence-corrected chi connectivity index (χ4v) is 1.98. The monoisotopic (exact) mass is 284 g/mol. The molecule has 4 N–H and O–H groups in total. The maximum Gasteiger partial charge on any atom is 0.123 e. The molecule has 0 unspecified atom stereocenters. The lowest BCUT2D eigenvalue weighted by Gasteiger charge is -2.21. The lowest BCUT2D eigenvalue weighted by atomic mass is 10.1. The molecule has 1 rings (SSSR count). The fourth-order valence-electron chi connectivity index (χ4n) is 1.85. The maximum absolute atomic E-state index is 9.02. The van der Waals surface area contributed by atoms with Crippen LogP contribution in [0.15, 0.2) is 18.2 Å². The fraction of sp³-hybridized carbons (Fsp3) is 0.462. The van der Waals surface area contributed by atoms with Gasteiger partial charge in [0.05, 0.1) is 20.3 Å². The minimum absolute atomic E-state index is 0.0390. The summed E-state index contributed by atoms with van der Waals surface area (Å²) in [6.45, 7) is 1.61. The number of nitrogens with zero attached hydrogens (tertiary/aromatic N) is 1. The summed E-state index contributed by atoms with van der Waals surface area (Å²) in [6, 6.07) is 5.51. The zero-order valence-corrected chi connectivity index (χ0v) is 11.8. The van der Waals surface area contributed by atoms with Crippen LogP contribution >= 0.6 is 12.2 Å². The van der Waals surface area contributed by atoms with E-state index in [1.165, 1.54) is 0 Å². The summed E-state index contributed by atoms with van der Waals surface area (Å²) in [4.78, 5) is 2.26. The largest absolute Gasteiger partial charge is 0.496 e. The number of benzene rings is 1.